The molecule has 0 radical (unpaired) electrons. The maximum atomic E-state index is 11.7. The van der Waals surface area contributed by atoms with E-state index in [0.29, 0.717) is 29.9 Å². The van der Waals surface area contributed by atoms with Gasteiger partial charge in [-0.2, -0.15) is 0 Å². The monoisotopic (exact) mass is 375 g/mol. The number of carbonyl (C=O) groups is 2. The zero-order valence-electron chi connectivity index (χ0n) is 14.5. The number of hydrogen-bond acceptors (Lipinski definition) is 6. The zero-order valence-corrected chi connectivity index (χ0v) is 15.3. The summed E-state index contributed by atoms with van der Waals surface area (Å²) in [6.07, 6.45) is 3.51. The summed E-state index contributed by atoms with van der Waals surface area (Å²) in [5.74, 6) is 0.722. The van der Waals surface area contributed by atoms with Crippen LogP contribution in [0.1, 0.15) is 43.0 Å². The van der Waals surface area contributed by atoms with Gasteiger partial charge in [-0.1, -0.05) is 13.3 Å². The van der Waals surface area contributed by atoms with E-state index in [2.05, 4.69) is 17.2 Å². The Balaban J connectivity index is 1.57. The second-order valence-corrected chi connectivity index (χ2v) is 7.74. The Morgan fingerprint density at radius 2 is 2.27 bits per heavy atom. The second-order valence-electron chi connectivity index (χ2n) is 6.83. The Hall–Kier alpha value is -2.35. The molecule has 138 valence electrons. The largest absolute Gasteiger partial charge is 0.488 e. The van der Waals surface area contributed by atoms with Crippen LogP contribution in [0.15, 0.2) is 11.4 Å². The van der Waals surface area contributed by atoms with E-state index in [4.69, 9.17) is 15.2 Å². The van der Waals surface area contributed by atoms with Crippen molar-refractivity contribution in [2.45, 2.75) is 44.8 Å². The lowest BCUT2D eigenvalue weighted by atomic mass is 9.98. The molecule has 4 rings (SSSR count). The average molecular weight is 375 g/mol. The first kappa shape index (κ1) is 17.1. The lowest BCUT2D eigenvalue weighted by Gasteiger charge is -2.17. The fourth-order valence-electron chi connectivity index (χ4n) is 3.18. The molecule has 2 aliphatic rings. The van der Waals surface area contributed by atoms with Gasteiger partial charge in [0.05, 0.1) is 10.7 Å². The topological polar surface area (TPSA) is 104 Å². The molecule has 2 aromatic rings. The molecule has 3 heterocycles. The standard InChI is InChI=1S/C18H21N3O4S/c1-2-9-5-15(22)20-12(9)7-24-13-8-26-14-6-11(17(19)23)18(21-16(13)14)25-10-3-4-10/h6,8-10,12H,2-5,7H2,1H3,(H2,19,23)(H,20,22)/t9-,12-/m1/s1. The van der Waals surface area contributed by atoms with Crippen molar-refractivity contribution in [1.82, 2.24) is 10.3 Å². The third-order valence-electron chi connectivity index (χ3n) is 4.85. The molecule has 2 amide bonds. The molecule has 0 bridgehead atoms. The van der Waals surface area contributed by atoms with E-state index in [1.54, 1.807) is 6.07 Å². The van der Waals surface area contributed by atoms with Crippen molar-refractivity contribution >= 4 is 33.4 Å². The lowest BCUT2D eigenvalue weighted by molar-refractivity contribution is -0.119. The van der Waals surface area contributed by atoms with Gasteiger partial charge in [0.15, 0.2) is 5.75 Å². The lowest BCUT2D eigenvalue weighted by Crippen LogP contribution is -2.34. The van der Waals surface area contributed by atoms with Crippen LogP contribution in [0.5, 0.6) is 11.6 Å². The fraction of sp³-hybridized carbons (Fsp3) is 0.500. The number of nitrogens with one attached hydrogen (secondary N) is 1. The minimum Gasteiger partial charge on any atom is -0.488 e. The number of amides is 2. The van der Waals surface area contributed by atoms with Gasteiger partial charge in [0.2, 0.25) is 11.8 Å². The number of pyridine rings is 1. The van der Waals surface area contributed by atoms with Crippen LogP contribution in [0, 0.1) is 5.92 Å². The summed E-state index contributed by atoms with van der Waals surface area (Å²) in [6.45, 7) is 2.47. The van der Waals surface area contributed by atoms with Crippen LogP contribution in [0.2, 0.25) is 0 Å². The molecule has 1 aliphatic heterocycles. The first-order valence-corrected chi connectivity index (χ1v) is 9.74. The van der Waals surface area contributed by atoms with Gasteiger partial charge in [-0.05, 0) is 24.8 Å². The van der Waals surface area contributed by atoms with E-state index >= 15 is 0 Å². The number of nitrogens with two attached hydrogens (primary N) is 1. The maximum absolute atomic E-state index is 11.7. The van der Waals surface area contributed by atoms with E-state index in [1.807, 2.05) is 5.38 Å². The highest BCUT2D eigenvalue weighted by atomic mass is 32.1. The Labute approximate surface area is 154 Å². The Morgan fingerprint density at radius 1 is 1.46 bits per heavy atom. The average Bonchev–Trinajstić information content (AvgIpc) is 3.22. The second kappa shape index (κ2) is 6.75. The normalized spacial score (nSPS) is 22.4. The van der Waals surface area contributed by atoms with Gasteiger partial charge in [-0.15, -0.1) is 11.3 Å². The van der Waals surface area contributed by atoms with Crippen LogP contribution in [0.25, 0.3) is 10.2 Å². The van der Waals surface area contributed by atoms with Gasteiger partial charge >= 0.3 is 0 Å². The summed E-state index contributed by atoms with van der Waals surface area (Å²) >= 11 is 1.44. The molecular formula is C18H21N3O4S. The molecule has 7 nitrogen and oxygen atoms in total. The van der Waals surface area contributed by atoms with Crippen molar-refractivity contribution in [1.29, 1.82) is 0 Å². The van der Waals surface area contributed by atoms with Crippen molar-refractivity contribution in [3.05, 3.63) is 17.0 Å². The molecule has 0 aromatic carbocycles. The quantitative estimate of drug-likeness (QED) is 0.772. The fourth-order valence-corrected chi connectivity index (χ4v) is 4.04. The van der Waals surface area contributed by atoms with Gasteiger partial charge in [0.25, 0.3) is 5.91 Å². The number of hydrogen-bond donors (Lipinski definition) is 2. The molecule has 2 atom stereocenters. The highest BCUT2D eigenvalue weighted by molar-refractivity contribution is 7.17. The number of fused-ring (bicyclic) bond motifs is 1. The van der Waals surface area contributed by atoms with Gasteiger partial charge in [-0.3, -0.25) is 9.59 Å². The summed E-state index contributed by atoms with van der Waals surface area (Å²) in [5, 5.41) is 4.83. The Bertz CT molecular complexity index is 861. The summed E-state index contributed by atoms with van der Waals surface area (Å²) in [5.41, 5.74) is 6.43. The smallest absolute Gasteiger partial charge is 0.254 e. The van der Waals surface area contributed by atoms with Crippen LogP contribution in [-0.4, -0.2) is 35.6 Å². The third-order valence-corrected chi connectivity index (χ3v) is 5.75. The highest BCUT2D eigenvalue weighted by Crippen LogP contribution is 2.36. The number of nitrogens with zero attached hydrogens (tertiary/aromatic N) is 1. The number of thiophene rings is 1. The number of aromatic nitrogens is 1. The zero-order chi connectivity index (χ0) is 18.3. The minimum absolute atomic E-state index is 0.00882. The number of carbonyl (C=O) groups excluding carboxylic acids is 2. The van der Waals surface area contributed by atoms with Crippen LogP contribution >= 0.6 is 11.3 Å². The number of ether oxygens (including phenoxy) is 2. The molecule has 26 heavy (non-hydrogen) atoms. The van der Waals surface area contributed by atoms with Crippen LogP contribution in [0.4, 0.5) is 0 Å². The maximum Gasteiger partial charge on any atom is 0.254 e. The molecule has 1 saturated heterocycles. The van der Waals surface area contributed by atoms with E-state index in [9.17, 15) is 9.59 Å². The molecule has 2 fully saturated rings. The van der Waals surface area contributed by atoms with Crippen molar-refractivity contribution in [3.8, 4) is 11.6 Å². The van der Waals surface area contributed by atoms with Crippen LogP contribution < -0.4 is 20.5 Å². The molecule has 0 spiro atoms. The molecule has 3 N–H and O–H groups in total. The summed E-state index contributed by atoms with van der Waals surface area (Å²) in [4.78, 5) is 27.8. The molecule has 0 unspecified atom stereocenters. The molecule has 8 heteroatoms. The minimum atomic E-state index is -0.551. The summed E-state index contributed by atoms with van der Waals surface area (Å²) in [6, 6.07) is 1.72. The van der Waals surface area contributed by atoms with E-state index in [-0.39, 0.29) is 29.9 Å². The molecule has 1 saturated carbocycles. The van der Waals surface area contributed by atoms with Crippen LogP contribution in [-0.2, 0) is 4.79 Å². The first-order chi connectivity index (χ1) is 12.5. The number of rotatable bonds is 7. The van der Waals surface area contributed by atoms with Gasteiger partial charge in [0, 0.05) is 11.8 Å². The highest BCUT2D eigenvalue weighted by Gasteiger charge is 2.32. The van der Waals surface area contributed by atoms with E-state index in [1.165, 1.54) is 11.3 Å². The van der Waals surface area contributed by atoms with E-state index < -0.39 is 5.91 Å². The Morgan fingerprint density at radius 3 is 2.96 bits per heavy atom. The van der Waals surface area contributed by atoms with Crippen molar-refractivity contribution in [2.75, 3.05) is 6.61 Å². The van der Waals surface area contributed by atoms with Gasteiger partial charge in [-0.25, -0.2) is 4.98 Å². The predicted octanol–water partition coefficient (Wildman–Crippen LogP) is 2.23. The van der Waals surface area contributed by atoms with Crippen molar-refractivity contribution in [2.24, 2.45) is 11.7 Å². The summed E-state index contributed by atoms with van der Waals surface area (Å²) < 4.78 is 12.5. The number of primary amides is 1. The first-order valence-electron chi connectivity index (χ1n) is 8.86. The van der Waals surface area contributed by atoms with E-state index in [0.717, 1.165) is 24.0 Å². The van der Waals surface area contributed by atoms with Gasteiger partial charge < -0.3 is 20.5 Å². The molecule has 1 aliphatic carbocycles. The molecule has 2 aromatic heterocycles. The molecular weight excluding hydrogens is 354 g/mol. The summed E-state index contributed by atoms with van der Waals surface area (Å²) in [7, 11) is 0. The Kier molecular flexibility index (Phi) is 4.44. The SMILES string of the molecule is CC[C@@H]1CC(=O)N[C@@H]1COc1csc2cc(C(N)=O)c(OC3CC3)nc12. The van der Waals surface area contributed by atoms with Gasteiger partial charge in [0.1, 0.15) is 23.8 Å². The van der Waals surface area contributed by atoms with Crippen molar-refractivity contribution < 1.29 is 19.1 Å². The predicted molar refractivity (Wildman–Crippen MR) is 97.6 cm³/mol. The van der Waals surface area contributed by atoms with Crippen LogP contribution in [0.3, 0.4) is 0 Å². The third kappa shape index (κ3) is 3.33. The van der Waals surface area contributed by atoms with Crippen molar-refractivity contribution in [3.63, 3.8) is 0 Å².